The maximum Gasteiger partial charge on any atom is 0.167 e. The number of aromatic nitrogens is 1. The van der Waals surface area contributed by atoms with E-state index < -0.39 is 0 Å². The van der Waals surface area contributed by atoms with Gasteiger partial charge in [0.05, 0.1) is 12.3 Å². The fourth-order valence-electron chi connectivity index (χ4n) is 2.77. The molecular weight excluding hydrogens is 310 g/mol. The van der Waals surface area contributed by atoms with Crippen molar-refractivity contribution >= 4 is 23.4 Å². The second kappa shape index (κ2) is 6.47. The van der Waals surface area contributed by atoms with Gasteiger partial charge in [-0.05, 0) is 49.2 Å². The van der Waals surface area contributed by atoms with E-state index in [1.54, 1.807) is 6.07 Å². The number of fused-ring (bicyclic) bond motifs is 1. The second-order valence-corrected chi connectivity index (χ2v) is 5.76. The molecule has 0 fully saturated rings. The van der Waals surface area contributed by atoms with Gasteiger partial charge in [-0.1, -0.05) is 24.6 Å². The number of halogens is 1. The second-order valence-electron chi connectivity index (χ2n) is 5.32. The topological polar surface area (TPSA) is 30.7 Å². The Bertz CT molecular complexity index is 867. The third-order valence-corrected chi connectivity index (χ3v) is 4.16. The van der Waals surface area contributed by atoms with Gasteiger partial charge in [0.1, 0.15) is 5.75 Å². The standard InChI is InChI=1S/C19H18ClNO2/c1-3-13-5-7-15-10-16(18(12-22)21(15)11-13)17-9-14(20)6-8-19(17)23-4-2/h5-12H,3-4H2,1-2H3. The lowest BCUT2D eigenvalue weighted by molar-refractivity contribution is 0.111. The molecular formula is C19H18ClNO2. The highest BCUT2D eigenvalue weighted by Gasteiger charge is 2.16. The van der Waals surface area contributed by atoms with Gasteiger partial charge >= 0.3 is 0 Å². The van der Waals surface area contributed by atoms with Crippen molar-refractivity contribution in [2.45, 2.75) is 20.3 Å². The van der Waals surface area contributed by atoms with Crippen molar-refractivity contribution in [2.75, 3.05) is 6.61 Å². The molecule has 2 aromatic heterocycles. The quantitative estimate of drug-likeness (QED) is 0.615. The summed E-state index contributed by atoms with van der Waals surface area (Å²) in [5, 5.41) is 0.616. The fourth-order valence-corrected chi connectivity index (χ4v) is 2.95. The lowest BCUT2D eigenvalue weighted by atomic mass is 10.1. The molecule has 0 N–H and O–H groups in total. The van der Waals surface area contributed by atoms with Gasteiger partial charge in [0.2, 0.25) is 0 Å². The first-order valence-corrected chi connectivity index (χ1v) is 8.07. The number of carbonyl (C=O) groups excluding carboxylic acids is 1. The number of nitrogens with zero attached hydrogens (tertiary/aromatic N) is 1. The van der Waals surface area contributed by atoms with Crippen LogP contribution in [0.5, 0.6) is 5.75 Å². The van der Waals surface area contributed by atoms with Gasteiger partial charge in [-0.15, -0.1) is 0 Å². The van der Waals surface area contributed by atoms with E-state index in [2.05, 4.69) is 13.0 Å². The summed E-state index contributed by atoms with van der Waals surface area (Å²) in [4.78, 5) is 11.7. The summed E-state index contributed by atoms with van der Waals surface area (Å²) in [6, 6.07) is 11.6. The summed E-state index contributed by atoms with van der Waals surface area (Å²) in [6.07, 6.45) is 3.81. The fraction of sp³-hybridized carbons (Fsp3) is 0.211. The third-order valence-electron chi connectivity index (χ3n) is 3.92. The minimum Gasteiger partial charge on any atom is -0.493 e. The molecule has 0 aliphatic carbocycles. The largest absolute Gasteiger partial charge is 0.493 e. The molecule has 0 unspecified atom stereocenters. The third kappa shape index (κ3) is 2.84. The molecule has 0 saturated heterocycles. The van der Waals surface area contributed by atoms with E-state index in [0.717, 1.165) is 35.1 Å². The number of rotatable bonds is 5. The number of aryl methyl sites for hydroxylation is 1. The molecule has 0 aliphatic heterocycles. The molecule has 0 amide bonds. The smallest absolute Gasteiger partial charge is 0.167 e. The Morgan fingerprint density at radius 1 is 1.13 bits per heavy atom. The number of carbonyl (C=O) groups is 1. The number of aldehydes is 1. The summed E-state index contributed by atoms with van der Waals surface area (Å²) in [7, 11) is 0. The predicted molar refractivity (Wildman–Crippen MR) is 93.8 cm³/mol. The summed E-state index contributed by atoms with van der Waals surface area (Å²) >= 11 is 6.16. The zero-order valence-electron chi connectivity index (χ0n) is 13.2. The SMILES string of the molecule is CCOc1ccc(Cl)cc1-c1cc2ccc(CC)cn2c1C=O. The zero-order chi connectivity index (χ0) is 16.4. The van der Waals surface area contributed by atoms with Gasteiger partial charge in [-0.3, -0.25) is 4.79 Å². The highest BCUT2D eigenvalue weighted by molar-refractivity contribution is 6.31. The van der Waals surface area contributed by atoms with Crippen LogP contribution >= 0.6 is 11.6 Å². The van der Waals surface area contributed by atoms with Crippen LogP contribution in [-0.2, 0) is 6.42 Å². The average molecular weight is 328 g/mol. The molecule has 1 aromatic carbocycles. The number of hydrogen-bond acceptors (Lipinski definition) is 2. The minimum atomic E-state index is 0.554. The first-order chi connectivity index (χ1) is 11.2. The number of ether oxygens (including phenoxy) is 1. The van der Waals surface area contributed by atoms with Crippen LogP contribution in [0.2, 0.25) is 5.02 Å². The van der Waals surface area contributed by atoms with E-state index in [1.807, 2.05) is 41.8 Å². The van der Waals surface area contributed by atoms with Crippen LogP contribution in [0.25, 0.3) is 16.6 Å². The zero-order valence-corrected chi connectivity index (χ0v) is 13.9. The lowest BCUT2D eigenvalue weighted by Gasteiger charge is -2.10. The Hall–Kier alpha value is -2.26. The van der Waals surface area contributed by atoms with Crippen molar-refractivity contribution in [2.24, 2.45) is 0 Å². The van der Waals surface area contributed by atoms with Gasteiger partial charge < -0.3 is 9.14 Å². The maximum absolute atomic E-state index is 11.7. The van der Waals surface area contributed by atoms with E-state index in [0.29, 0.717) is 17.3 Å². The Balaban J connectivity index is 2.28. The van der Waals surface area contributed by atoms with Crippen molar-refractivity contribution < 1.29 is 9.53 Å². The monoisotopic (exact) mass is 327 g/mol. The predicted octanol–water partition coefficient (Wildman–Crippen LogP) is 5.03. The van der Waals surface area contributed by atoms with Crippen LogP contribution in [0.4, 0.5) is 0 Å². The van der Waals surface area contributed by atoms with Crippen molar-refractivity contribution in [3.8, 4) is 16.9 Å². The molecule has 0 radical (unpaired) electrons. The van der Waals surface area contributed by atoms with E-state index in [9.17, 15) is 4.79 Å². The minimum absolute atomic E-state index is 0.554. The summed E-state index contributed by atoms with van der Waals surface area (Å²) in [5.41, 5.74) is 4.43. The molecule has 0 saturated carbocycles. The molecule has 0 aliphatic rings. The van der Waals surface area contributed by atoms with Gasteiger partial charge in [-0.2, -0.15) is 0 Å². The molecule has 3 aromatic rings. The van der Waals surface area contributed by atoms with Crippen LogP contribution in [-0.4, -0.2) is 17.3 Å². The average Bonchev–Trinajstić information content (AvgIpc) is 2.93. The van der Waals surface area contributed by atoms with Gasteiger partial charge in [0, 0.05) is 27.9 Å². The van der Waals surface area contributed by atoms with Crippen LogP contribution in [0.3, 0.4) is 0 Å². The highest BCUT2D eigenvalue weighted by atomic mass is 35.5. The van der Waals surface area contributed by atoms with E-state index in [1.165, 1.54) is 5.56 Å². The number of hydrogen-bond donors (Lipinski definition) is 0. The maximum atomic E-state index is 11.7. The molecule has 4 heteroatoms. The van der Waals surface area contributed by atoms with E-state index in [4.69, 9.17) is 16.3 Å². The molecule has 118 valence electrons. The van der Waals surface area contributed by atoms with Crippen LogP contribution in [0, 0.1) is 0 Å². The highest BCUT2D eigenvalue weighted by Crippen LogP contribution is 2.36. The van der Waals surface area contributed by atoms with Crippen molar-refractivity contribution in [1.82, 2.24) is 4.40 Å². The normalized spacial score (nSPS) is 10.9. The van der Waals surface area contributed by atoms with Crippen LogP contribution in [0.15, 0.2) is 42.6 Å². The lowest BCUT2D eigenvalue weighted by Crippen LogP contribution is -1.97. The molecule has 0 atom stereocenters. The van der Waals surface area contributed by atoms with Gasteiger partial charge in [0.25, 0.3) is 0 Å². The van der Waals surface area contributed by atoms with Gasteiger partial charge in [-0.25, -0.2) is 0 Å². The summed E-state index contributed by atoms with van der Waals surface area (Å²) in [5.74, 6) is 0.728. The molecule has 3 nitrogen and oxygen atoms in total. The van der Waals surface area contributed by atoms with Crippen LogP contribution in [0.1, 0.15) is 29.9 Å². The Kier molecular flexibility index (Phi) is 4.39. The Labute approximate surface area is 140 Å². The Morgan fingerprint density at radius 2 is 1.96 bits per heavy atom. The summed E-state index contributed by atoms with van der Waals surface area (Å²) in [6.45, 7) is 4.58. The Morgan fingerprint density at radius 3 is 2.65 bits per heavy atom. The van der Waals surface area contributed by atoms with E-state index in [-0.39, 0.29) is 0 Å². The first-order valence-electron chi connectivity index (χ1n) is 7.69. The number of benzene rings is 1. The van der Waals surface area contributed by atoms with Gasteiger partial charge in [0.15, 0.2) is 6.29 Å². The van der Waals surface area contributed by atoms with Crippen molar-refractivity contribution in [3.63, 3.8) is 0 Å². The van der Waals surface area contributed by atoms with E-state index >= 15 is 0 Å². The molecule has 3 rings (SSSR count). The van der Waals surface area contributed by atoms with Crippen molar-refractivity contribution in [3.05, 3.63) is 58.9 Å². The molecule has 23 heavy (non-hydrogen) atoms. The van der Waals surface area contributed by atoms with Crippen molar-refractivity contribution in [1.29, 1.82) is 0 Å². The summed E-state index contributed by atoms with van der Waals surface area (Å²) < 4.78 is 7.63. The molecule has 0 bridgehead atoms. The van der Waals surface area contributed by atoms with Crippen LogP contribution < -0.4 is 4.74 Å². The molecule has 0 spiro atoms. The number of pyridine rings is 1. The molecule has 2 heterocycles. The first kappa shape index (κ1) is 15.6.